The molecule has 4 nitrogen and oxygen atoms in total. The van der Waals surface area contributed by atoms with Crippen LogP contribution in [0.4, 0.5) is 22.0 Å². The van der Waals surface area contributed by atoms with Crippen LogP contribution in [0.1, 0.15) is 17.5 Å². The summed E-state index contributed by atoms with van der Waals surface area (Å²) in [7, 11) is -4.05. The minimum atomic E-state index is -4.40. The van der Waals surface area contributed by atoms with Gasteiger partial charge in [0.05, 0.1) is 10.5 Å². The molecule has 29 heavy (non-hydrogen) atoms. The van der Waals surface area contributed by atoms with Gasteiger partial charge in [0.25, 0.3) is 0 Å². The Labute approximate surface area is 165 Å². The van der Waals surface area contributed by atoms with Gasteiger partial charge in [-0.15, -0.1) is 0 Å². The summed E-state index contributed by atoms with van der Waals surface area (Å²) in [5, 5.41) is 0. The summed E-state index contributed by atoms with van der Waals surface area (Å²) in [6.45, 7) is 1.56. The maximum Gasteiger partial charge on any atom is 0.416 e. The van der Waals surface area contributed by atoms with Crippen LogP contribution in [-0.2, 0) is 22.7 Å². The zero-order chi connectivity index (χ0) is 21.2. The smallest absolute Gasteiger partial charge is 0.298 e. The molecule has 2 aromatic rings. The SMILES string of the molecule is O=S(=O)(c1cc(F)cc(F)c1)N1CCCN(Cc2ccc(C(F)(F)F)cc2)CC1. The molecule has 0 bridgehead atoms. The van der Waals surface area contributed by atoms with Crippen LogP contribution >= 0.6 is 0 Å². The molecule has 10 heteroatoms. The third-order valence-corrected chi connectivity index (χ3v) is 6.59. The molecule has 158 valence electrons. The van der Waals surface area contributed by atoms with E-state index in [1.807, 2.05) is 4.90 Å². The van der Waals surface area contributed by atoms with Gasteiger partial charge in [0, 0.05) is 32.2 Å². The fraction of sp³-hybridized carbons (Fsp3) is 0.368. The quantitative estimate of drug-likeness (QED) is 0.686. The van der Waals surface area contributed by atoms with Crippen LogP contribution < -0.4 is 0 Å². The molecule has 0 spiro atoms. The summed E-state index contributed by atoms with van der Waals surface area (Å²) < 4.78 is 91.4. The molecule has 3 rings (SSSR count). The average Bonchev–Trinajstić information content (AvgIpc) is 2.87. The van der Waals surface area contributed by atoms with Crippen molar-refractivity contribution in [2.45, 2.75) is 24.0 Å². The molecule has 0 aromatic heterocycles. The van der Waals surface area contributed by atoms with Gasteiger partial charge in [-0.25, -0.2) is 17.2 Å². The van der Waals surface area contributed by atoms with E-state index in [1.165, 1.54) is 16.4 Å². The lowest BCUT2D eigenvalue weighted by Gasteiger charge is -2.22. The Morgan fingerprint density at radius 2 is 1.48 bits per heavy atom. The molecule has 0 atom stereocenters. The van der Waals surface area contributed by atoms with Gasteiger partial charge in [-0.2, -0.15) is 17.5 Å². The summed E-state index contributed by atoms with van der Waals surface area (Å²) in [5.41, 5.74) is -0.0433. The van der Waals surface area contributed by atoms with E-state index in [4.69, 9.17) is 0 Å². The second kappa shape index (κ2) is 8.37. The van der Waals surface area contributed by atoms with Crippen molar-refractivity contribution in [3.63, 3.8) is 0 Å². The molecule has 1 saturated heterocycles. The molecule has 0 N–H and O–H groups in total. The van der Waals surface area contributed by atoms with Crippen molar-refractivity contribution < 1.29 is 30.4 Å². The molecule has 1 heterocycles. The van der Waals surface area contributed by atoms with E-state index in [0.717, 1.165) is 24.3 Å². The number of hydrogen-bond acceptors (Lipinski definition) is 3. The third-order valence-electron chi connectivity index (χ3n) is 4.71. The Balaban J connectivity index is 1.67. The molecule has 0 aliphatic carbocycles. The highest BCUT2D eigenvalue weighted by Crippen LogP contribution is 2.29. The lowest BCUT2D eigenvalue weighted by atomic mass is 10.1. The van der Waals surface area contributed by atoms with Crippen LogP contribution in [0.2, 0.25) is 0 Å². The molecule has 1 aliphatic heterocycles. The van der Waals surface area contributed by atoms with Gasteiger partial charge in [0.1, 0.15) is 11.6 Å². The normalized spacial score (nSPS) is 17.3. The number of benzene rings is 2. The van der Waals surface area contributed by atoms with Crippen molar-refractivity contribution in [3.8, 4) is 0 Å². The number of halogens is 5. The van der Waals surface area contributed by atoms with Crippen molar-refractivity contribution >= 4 is 10.0 Å². The first-order valence-electron chi connectivity index (χ1n) is 8.90. The first-order valence-corrected chi connectivity index (χ1v) is 10.3. The predicted molar refractivity (Wildman–Crippen MR) is 96.5 cm³/mol. The standard InChI is InChI=1S/C19H19F5N2O2S/c20-16-10-17(21)12-18(11-16)29(27,28)26-7-1-6-25(8-9-26)13-14-2-4-15(5-3-14)19(22,23)24/h2-5,10-12H,1,6-9,13H2. The highest BCUT2D eigenvalue weighted by molar-refractivity contribution is 7.89. The van der Waals surface area contributed by atoms with Gasteiger partial charge in [-0.3, -0.25) is 4.90 Å². The van der Waals surface area contributed by atoms with Crippen LogP contribution in [0.5, 0.6) is 0 Å². The molecular formula is C19H19F5N2O2S. The van der Waals surface area contributed by atoms with E-state index in [9.17, 15) is 30.4 Å². The maximum absolute atomic E-state index is 13.4. The topological polar surface area (TPSA) is 40.6 Å². The zero-order valence-corrected chi connectivity index (χ0v) is 16.1. The van der Waals surface area contributed by atoms with Crippen molar-refractivity contribution in [1.29, 1.82) is 0 Å². The largest absolute Gasteiger partial charge is 0.416 e. The number of hydrogen-bond donors (Lipinski definition) is 0. The minimum absolute atomic E-state index is 0.112. The number of sulfonamides is 1. The number of alkyl halides is 3. The van der Waals surface area contributed by atoms with Crippen molar-refractivity contribution in [1.82, 2.24) is 9.21 Å². The van der Waals surface area contributed by atoms with Crippen LogP contribution in [0, 0.1) is 11.6 Å². The first kappa shape index (κ1) is 21.7. The van der Waals surface area contributed by atoms with Crippen LogP contribution in [0.3, 0.4) is 0 Å². The average molecular weight is 434 g/mol. The van der Waals surface area contributed by atoms with Crippen molar-refractivity contribution in [2.24, 2.45) is 0 Å². The Hall–Kier alpha value is -2.04. The first-order chi connectivity index (χ1) is 13.6. The van der Waals surface area contributed by atoms with E-state index in [1.54, 1.807) is 0 Å². The van der Waals surface area contributed by atoms with Gasteiger partial charge in [0.15, 0.2) is 0 Å². The molecule has 2 aromatic carbocycles. The second-order valence-electron chi connectivity index (χ2n) is 6.83. The zero-order valence-electron chi connectivity index (χ0n) is 15.3. The van der Waals surface area contributed by atoms with Crippen LogP contribution in [0.25, 0.3) is 0 Å². The van der Waals surface area contributed by atoms with Crippen LogP contribution in [-0.4, -0.2) is 43.8 Å². The Morgan fingerprint density at radius 3 is 2.07 bits per heavy atom. The van der Waals surface area contributed by atoms with Gasteiger partial charge >= 0.3 is 6.18 Å². The fourth-order valence-electron chi connectivity index (χ4n) is 3.23. The predicted octanol–water partition coefficient (Wildman–Crippen LogP) is 3.88. The van der Waals surface area contributed by atoms with E-state index >= 15 is 0 Å². The van der Waals surface area contributed by atoms with Crippen molar-refractivity contribution in [3.05, 3.63) is 65.2 Å². The third kappa shape index (κ3) is 5.31. The summed E-state index contributed by atoms with van der Waals surface area (Å²) in [5.74, 6) is -1.94. The second-order valence-corrected chi connectivity index (χ2v) is 8.77. The monoisotopic (exact) mass is 434 g/mol. The summed E-state index contributed by atoms with van der Waals surface area (Å²) in [6.07, 6.45) is -3.91. The van der Waals surface area contributed by atoms with Crippen molar-refractivity contribution in [2.75, 3.05) is 26.2 Å². The maximum atomic E-state index is 13.4. The Kier molecular flexibility index (Phi) is 6.25. The molecule has 0 amide bonds. The minimum Gasteiger partial charge on any atom is -0.298 e. The van der Waals surface area contributed by atoms with Gasteiger partial charge in [-0.05, 0) is 42.8 Å². The molecule has 0 saturated carbocycles. The Bertz CT molecular complexity index is 941. The van der Waals surface area contributed by atoms with E-state index in [2.05, 4.69) is 0 Å². The molecule has 1 fully saturated rings. The highest BCUT2D eigenvalue weighted by atomic mass is 32.2. The molecule has 1 aliphatic rings. The van der Waals surface area contributed by atoms with Gasteiger partial charge < -0.3 is 0 Å². The van der Waals surface area contributed by atoms with Gasteiger partial charge in [0.2, 0.25) is 10.0 Å². The summed E-state index contributed by atoms with van der Waals surface area (Å²) in [6, 6.07) is 7.00. The van der Waals surface area contributed by atoms with E-state index in [-0.39, 0.29) is 13.1 Å². The lowest BCUT2D eigenvalue weighted by molar-refractivity contribution is -0.137. The van der Waals surface area contributed by atoms with E-state index in [0.29, 0.717) is 37.7 Å². The summed E-state index contributed by atoms with van der Waals surface area (Å²) >= 11 is 0. The fourth-order valence-corrected chi connectivity index (χ4v) is 4.74. The molecular weight excluding hydrogens is 415 g/mol. The number of rotatable bonds is 4. The molecule has 0 radical (unpaired) electrons. The lowest BCUT2D eigenvalue weighted by Crippen LogP contribution is -2.35. The van der Waals surface area contributed by atoms with E-state index < -0.39 is 38.3 Å². The van der Waals surface area contributed by atoms with Gasteiger partial charge in [-0.1, -0.05) is 12.1 Å². The highest BCUT2D eigenvalue weighted by Gasteiger charge is 2.30. The summed E-state index contributed by atoms with van der Waals surface area (Å²) in [4.78, 5) is 1.50. The Morgan fingerprint density at radius 1 is 0.862 bits per heavy atom. The number of nitrogens with zero attached hydrogens (tertiary/aromatic N) is 2. The van der Waals surface area contributed by atoms with Crippen LogP contribution in [0.15, 0.2) is 47.4 Å². The molecule has 0 unspecified atom stereocenters.